The van der Waals surface area contributed by atoms with Crippen molar-refractivity contribution in [3.05, 3.63) is 69.3 Å². The zero-order valence-electron chi connectivity index (χ0n) is 17.9. The largest absolute Gasteiger partial charge is 0.405 e. The first-order valence-corrected chi connectivity index (χ1v) is 10.3. The maximum Gasteiger partial charge on any atom is 0.405 e. The molecular formula is C22H23F3N4O4. The molecule has 1 saturated heterocycles. The Morgan fingerprint density at radius 2 is 1.70 bits per heavy atom. The second-order valence-electron chi connectivity index (χ2n) is 7.81. The molecule has 0 atom stereocenters. The smallest absolute Gasteiger partial charge is 0.366 e. The van der Waals surface area contributed by atoms with Crippen LogP contribution in [0.1, 0.15) is 39.1 Å². The molecule has 0 radical (unpaired) electrons. The van der Waals surface area contributed by atoms with E-state index in [0.717, 1.165) is 25.9 Å². The summed E-state index contributed by atoms with van der Waals surface area (Å²) in [5.74, 6) is -1.27. The Kier molecular flexibility index (Phi) is 7.19. The summed E-state index contributed by atoms with van der Waals surface area (Å²) in [5, 5.41) is 13.4. The summed E-state index contributed by atoms with van der Waals surface area (Å²) in [6, 6.07) is 10.2. The Bertz CT molecular complexity index is 1030. The number of anilines is 1. The number of nitro groups is 1. The van der Waals surface area contributed by atoms with Crippen molar-refractivity contribution in [1.82, 2.24) is 10.2 Å². The molecule has 1 heterocycles. The van der Waals surface area contributed by atoms with Crippen molar-refractivity contribution >= 4 is 23.2 Å². The van der Waals surface area contributed by atoms with Gasteiger partial charge in [0.1, 0.15) is 12.2 Å². The number of rotatable bonds is 7. The van der Waals surface area contributed by atoms with Gasteiger partial charge in [0, 0.05) is 43.9 Å². The van der Waals surface area contributed by atoms with E-state index in [2.05, 4.69) is 0 Å². The summed E-state index contributed by atoms with van der Waals surface area (Å²) >= 11 is 0. The van der Waals surface area contributed by atoms with Gasteiger partial charge in [-0.1, -0.05) is 12.1 Å². The number of nitro benzene ring substituents is 1. The van der Waals surface area contributed by atoms with Crippen molar-refractivity contribution < 1.29 is 27.7 Å². The Balaban J connectivity index is 1.67. The molecule has 11 heteroatoms. The van der Waals surface area contributed by atoms with Crippen LogP contribution in [0.5, 0.6) is 0 Å². The highest BCUT2D eigenvalue weighted by Gasteiger charge is 2.28. The van der Waals surface area contributed by atoms with E-state index < -0.39 is 29.5 Å². The van der Waals surface area contributed by atoms with Crippen LogP contribution in [0.4, 0.5) is 24.5 Å². The van der Waals surface area contributed by atoms with E-state index in [4.69, 9.17) is 0 Å². The van der Waals surface area contributed by atoms with Crippen molar-refractivity contribution in [2.75, 3.05) is 31.6 Å². The molecule has 8 nitrogen and oxygen atoms in total. The number of halogens is 3. The molecule has 1 fully saturated rings. The second-order valence-corrected chi connectivity index (χ2v) is 7.81. The summed E-state index contributed by atoms with van der Waals surface area (Å²) in [6.07, 6.45) is -2.58. The number of nitrogens with zero attached hydrogens (tertiary/aromatic N) is 3. The van der Waals surface area contributed by atoms with Gasteiger partial charge in [-0.05, 0) is 42.7 Å². The van der Waals surface area contributed by atoms with Crippen molar-refractivity contribution in [2.24, 2.45) is 0 Å². The number of carbonyl (C=O) groups excluding carboxylic acids is 2. The first kappa shape index (κ1) is 24.0. The summed E-state index contributed by atoms with van der Waals surface area (Å²) in [4.78, 5) is 39.0. The van der Waals surface area contributed by atoms with Crippen LogP contribution in [0.15, 0.2) is 42.5 Å². The van der Waals surface area contributed by atoms with Gasteiger partial charge in [-0.3, -0.25) is 19.7 Å². The summed E-state index contributed by atoms with van der Waals surface area (Å²) in [6.45, 7) is 0.189. The van der Waals surface area contributed by atoms with Gasteiger partial charge in [-0.15, -0.1) is 0 Å². The van der Waals surface area contributed by atoms with E-state index in [9.17, 15) is 32.9 Å². The molecule has 0 saturated carbocycles. The maximum atomic E-state index is 12.8. The van der Waals surface area contributed by atoms with Crippen LogP contribution in [0.3, 0.4) is 0 Å². The minimum atomic E-state index is -4.50. The SMILES string of the molecule is CN(Cc1ccc(C(=O)NCC(F)(F)F)cc1)C(=O)c1ccc(N2CCCC2)c([N+](=O)[O-])c1. The average Bonchev–Trinajstić information content (AvgIpc) is 3.31. The fourth-order valence-electron chi connectivity index (χ4n) is 3.64. The molecule has 1 aliphatic heterocycles. The Morgan fingerprint density at radius 1 is 1.09 bits per heavy atom. The predicted octanol–water partition coefficient (Wildman–Crippen LogP) is 3.76. The normalized spacial score (nSPS) is 13.6. The molecule has 0 aromatic heterocycles. The first-order chi connectivity index (χ1) is 15.5. The van der Waals surface area contributed by atoms with E-state index in [1.807, 2.05) is 4.90 Å². The van der Waals surface area contributed by atoms with Crippen molar-refractivity contribution in [3.63, 3.8) is 0 Å². The summed E-state index contributed by atoms with van der Waals surface area (Å²) < 4.78 is 36.7. The van der Waals surface area contributed by atoms with Gasteiger partial charge in [0.15, 0.2) is 0 Å². The van der Waals surface area contributed by atoms with Crippen molar-refractivity contribution in [1.29, 1.82) is 0 Å². The Hall–Kier alpha value is -3.63. The molecule has 33 heavy (non-hydrogen) atoms. The van der Waals surface area contributed by atoms with Gasteiger partial charge in [-0.2, -0.15) is 13.2 Å². The van der Waals surface area contributed by atoms with Gasteiger partial charge in [0.25, 0.3) is 17.5 Å². The van der Waals surface area contributed by atoms with E-state index >= 15 is 0 Å². The number of hydrogen-bond acceptors (Lipinski definition) is 5. The molecule has 1 N–H and O–H groups in total. The van der Waals surface area contributed by atoms with Crippen LogP contribution in [0.2, 0.25) is 0 Å². The number of benzene rings is 2. The molecule has 2 aromatic rings. The van der Waals surface area contributed by atoms with E-state index in [0.29, 0.717) is 11.3 Å². The minimum Gasteiger partial charge on any atom is -0.366 e. The molecular weight excluding hydrogens is 441 g/mol. The van der Waals surface area contributed by atoms with Crippen LogP contribution in [-0.2, 0) is 6.54 Å². The van der Waals surface area contributed by atoms with Crippen LogP contribution in [0.25, 0.3) is 0 Å². The van der Waals surface area contributed by atoms with Gasteiger partial charge in [-0.25, -0.2) is 0 Å². The van der Waals surface area contributed by atoms with Crippen molar-refractivity contribution in [2.45, 2.75) is 25.6 Å². The number of nitrogens with one attached hydrogen (secondary N) is 1. The van der Waals surface area contributed by atoms with Crippen LogP contribution < -0.4 is 10.2 Å². The van der Waals surface area contributed by atoms with E-state index in [-0.39, 0.29) is 23.4 Å². The zero-order chi connectivity index (χ0) is 24.2. The highest BCUT2D eigenvalue weighted by molar-refractivity contribution is 5.96. The third-order valence-corrected chi connectivity index (χ3v) is 5.30. The lowest BCUT2D eigenvalue weighted by atomic mass is 10.1. The van der Waals surface area contributed by atoms with Crippen LogP contribution >= 0.6 is 0 Å². The van der Waals surface area contributed by atoms with Crippen LogP contribution in [-0.4, -0.2) is 54.5 Å². The highest BCUT2D eigenvalue weighted by atomic mass is 19.4. The molecule has 0 bridgehead atoms. The lowest BCUT2D eigenvalue weighted by Gasteiger charge is -2.20. The minimum absolute atomic E-state index is 0.0603. The molecule has 0 spiro atoms. The molecule has 2 amide bonds. The average molecular weight is 464 g/mol. The third-order valence-electron chi connectivity index (χ3n) is 5.30. The Morgan fingerprint density at radius 3 is 2.27 bits per heavy atom. The molecule has 176 valence electrons. The van der Waals surface area contributed by atoms with E-state index in [1.165, 1.54) is 42.3 Å². The van der Waals surface area contributed by atoms with E-state index in [1.54, 1.807) is 17.4 Å². The monoisotopic (exact) mass is 464 g/mol. The third kappa shape index (κ3) is 6.21. The summed E-state index contributed by atoms with van der Waals surface area (Å²) in [5.41, 5.74) is 1.25. The first-order valence-electron chi connectivity index (χ1n) is 10.3. The molecule has 0 aliphatic carbocycles. The molecule has 1 aliphatic rings. The van der Waals surface area contributed by atoms with Gasteiger partial charge < -0.3 is 15.1 Å². The number of carbonyl (C=O) groups is 2. The quantitative estimate of drug-likeness (QED) is 0.497. The van der Waals surface area contributed by atoms with Gasteiger partial charge in [0.2, 0.25) is 0 Å². The maximum absolute atomic E-state index is 12.8. The fraction of sp³-hybridized carbons (Fsp3) is 0.364. The second kappa shape index (κ2) is 9.88. The topological polar surface area (TPSA) is 95.8 Å². The fourth-order valence-corrected chi connectivity index (χ4v) is 3.64. The lowest BCUT2D eigenvalue weighted by Crippen LogP contribution is -2.33. The molecule has 2 aromatic carbocycles. The number of amides is 2. The number of hydrogen-bond donors (Lipinski definition) is 1. The highest BCUT2D eigenvalue weighted by Crippen LogP contribution is 2.32. The van der Waals surface area contributed by atoms with Gasteiger partial charge in [0.05, 0.1) is 4.92 Å². The van der Waals surface area contributed by atoms with Crippen LogP contribution in [0, 0.1) is 10.1 Å². The van der Waals surface area contributed by atoms with Crippen molar-refractivity contribution in [3.8, 4) is 0 Å². The number of alkyl halides is 3. The lowest BCUT2D eigenvalue weighted by molar-refractivity contribution is -0.384. The summed E-state index contributed by atoms with van der Waals surface area (Å²) in [7, 11) is 1.53. The Labute approximate surface area is 188 Å². The van der Waals surface area contributed by atoms with Gasteiger partial charge >= 0.3 is 6.18 Å². The standard InChI is InChI=1S/C22H23F3N4O4/c1-27(13-15-4-6-16(7-5-15)20(30)26-14-22(23,24)25)21(31)17-8-9-18(19(12-17)29(32)33)28-10-2-3-11-28/h4-9,12H,2-3,10-11,13-14H2,1H3,(H,26,30). The zero-order valence-corrected chi connectivity index (χ0v) is 17.9. The molecule has 0 unspecified atom stereocenters. The molecule has 3 rings (SSSR count). The predicted molar refractivity (Wildman–Crippen MR) is 115 cm³/mol.